The van der Waals surface area contributed by atoms with E-state index in [0.29, 0.717) is 0 Å². The molecular formula is C26H24N3O4P. The standard InChI is InChI=1S/C18H15P.C8H9N3O4/c1-4-10-16(11-5-1)19(17-12-6-2-7-13-17)18-14-8-3-9-15-18;1-5(12)4-11-6(3-10-15)2-9-7(13)8(11)14/h1-15H;2-3,15H,4H2,1H3,(H,9,13)/b;10-3-. The number of rotatable bonds is 6. The second-order valence-electron chi connectivity index (χ2n) is 7.22. The van der Waals surface area contributed by atoms with Crippen molar-refractivity contribution in [1.29, 1.82) is 0 Å². The van der Waals surface area contributed by atoms with Gasteiger partial charge in [-0.2, -0.15) is 0 Å². The minimum absolute atomic E-state index is 0.150. The summed E-state index contributed by atoms with van der Waals surface area (Å²) in [6.07, 6.45) is 2.15. The van der Waals surface area contributed by atoms with E-state index >= 15 is 0 Å². The molecule has 34 heavy (non-hydrogen) atoms. The number of carbonyl (C=O) groups is 1. The van der Waals surface area contributed by atoms with E-state index < -0.39 is 19.0 Å². The Morgan fingerprint density at radius 1 is 0.882 bits per heavy atom. The number of aromatic nitrogens is 2. The summed E-state index contributed by atoms with van der Waals surface area (Å²) in [5.74, 6) is -0.282. The fraction of sp³-hybridized carbons (Fsp3) is 0.0769. The molecule has 0 radical (unpaired) electrons. The number of aromatic amines is 1. The third-order valence-corrected chi connectivity index (χ3v) is 7.16. The van der Waals surface area contributed by atoms with Crippen LogP contribution >= 0.6 is 7.92 Å². The van der Waals surface area contributed by atoms with Crippen LogP contribution in [0.5, 0.6) is 0 Å². The molecule has 0 unspecified atom stereocenters. The minimum Gasteiger partial charge on any atom is -0.411 e. The van der Waals surface area contributed by atoms with Crippen molar-refractivity contribution in [2.24, 2.45) is 5.16 Å². The summed E-state index contributed by atoms with van der Waals surface area (Å²) in [5, 5.41) is 15.2. The summed E-state index contributed by atoms with van der Waals surface area (Å²) in [6, 6.07) is 32.3. The molecule has 0 atom stereocenters. The third kappa shape index (κ3) is 6.47. The predicted octanol–water partition coefficient (Wildman–Crippen LogP) is 2.38. The molecule has 4 rings (SSSR count). The van der Waals surface area contributed by atoms with E-state index in [1.54, 1.807) is 0 Å². The molecule has 0 spiro atoms. The number of Topliss-reactive ketones (excluding diaryl/α,β-unsaturated/α-hetero) is 1. The molecule has 1 aromatic heterocycles. The van der Waals surface area contributed by atoms with E-state index in [1.807, 2.05) is 0 Å². The van der Waals surface area contributed by atoms with E-state index in [-0.39, 0.29) is 18.0 Å². The Bertz CT molecular complexity index is 1260. The monoisotopic (exact) mass is 473 g/mol. The number of nitrogens with one attached hydrogen (secondary N) is 1. The molecule has 0 bridgehead atoms. The van der Waals surface area contributed by atoms with Crippen LogP contribution in [0.2, 0.25) is 0 Å². The van der Waals surface area contributed by atoms with Crippen LogP contribution in [0.25, 0.3) is 0 Å². The van der Waals surface area contributed by atoms with Crippen molar-refractivity contribution in [1.82, 2.24) is 9.55 Å². The van der Waals surface area contributed by atoms with E-state index in [4.69, 9.17) is 5.21 Å². The number of benzene rings is 3. The lowest BCUT2D eigenvalue weighted by Gasteiger charge is -2.18. The number of nitrogens with zero attached hydrogens (tertiary/aromatic N) is 2. The lowest BCUT2D eigenvalue weighted by molar-refractivity contribution is -0.117. The maximum Gasteiger partial charge on any atom is 0.317 e. The number of carbonyl (C=O) groups excluding carboxylic acids is 1. The van der Waals surface area contributed by atoms with Crippen LogP contribution in [0.4, 0.5) is 0 Å². The molecule has 4 aromatic rings. The predicted molar refractivity (Wildman–Crippen MR) is 137 cm³/mol. The summed E-state index contributed by atoms with van der Waals surface area (Å²) < 4.78 is 0.931. The molecule has 2 N–H and O–H groups in total. The normalized spacial score (nSPS) is 10.6. The van der Waals surface area contributed by atoms with Crippen molar-refractivity contribution in [3.63, 3.8) is 0 Å². The molecule has 0 fully saturated rings. The van der Waals surface area contributed by atoms with Crippen LogP contribution in [0, 0.1) is 0 Å². The smallest absolute Gasteiger partial charge is 0.317 e. The van der Waals surface area contributed by atoms with Crippen molar-refractivity contribution < 1.29 is 10.0 Å². The Kier molecular flexibility index (Phi) is 8.83. The first kappa shape index (κ1) is 24.6. The highest BCUT2D eigenvalue weighted by Crippen LogP contribution is 2.32. The van der Waals surface area contributed by atoms with Crippen molar-refractivity contribution >= 4 is 35.8 Å². The second-order valence-corrected chi connectivity index (χ2v) is 9.44. The second kappa shape index (κ2) is 12.2. The zero-order valence-electron chi connectivity index (χ0n) is 18.5. The van der Waals surface area contributed by atoms with E-state index in [1.165, 1.54) is 29.0 Å². The molecule has 0 saturated carbocycles. The van der Waals surface area contributed by atoms with Gasteiger partial charge in [0.15, 0.2) is 0 Å². The number of oxime groups is 1. The molecule has 0 aliphatic heterocycles. The Hall–Kier alpha value is -4.09. The Morgan fingerprint density at radius 2 is 1.32 bits per heavy atom. The fourth-order valence-corrected chi connectivity index (χ4v) is 5.55. The average molecular weight is 473 g/mol. The molecule has 7 nitrogen and oxygen atoms in total. The van der Waals surface area contributed by atoms with Crippen LogP contribution in [-0.4, -0.2) is 26.8 Å². The largest absolute Gasteiger partial charge is 0.411 e. The number of hydrogen-bond acceptors (Lipinski definition) is 5. The highest BCUT2D eigenvalue weighted by atomic mass is 31.1. The highest BCUT2D eigenvalue weighted by molar-refractivity contribution is 7.79. The Labute approximate surface area is 197 Å². The van der Waals surface area contributed by atoms with Gasteiger partial charge in [-0.25, -0.2) is 0 Å². The van der Waals surface area contributed by atoms with Gasteiger partial charge in [0.1, 0.15) is 5.78 Å². The lowest BCUT2D eigenvalue weighted by Crippen LogP contribution is -2.38. The van der Waals surface area contributed by atoms with E-state index in [0.717, 1.165) is 10.8 Å². The molecule has 8 heteroatoms. The quantitative estimate of drug-likeness (QED) is 0.148. The highest BCUT2D eigenvalue weighted by Gasteiger charge is 2.15. The van der Waals surface area contributed by atoms with Crippen molar-refractivity contribution in [2.75, 3.05) is 0 Å². The van der Waals surface area contributed by atoms with E-state index in [9.17, 15) is 14.4 Å². The first-order valence-corrected chi connectivity index (χ1v) is 11.8. The van der Waals surface area contributed by atoms with E-state index in [2.05, 4.69) is 101 Å². The van der Waals surface area contributed by atoms with Gasteiger partial charge in [0, 0.05) is 6.20 Å². The zero-order chi connectivity index (χ0) is 24.3. The molecule has 0 aliphatic carbocycles. The fourth-order valence-electron chi connectivity index (χ4n) is 3.25. The summed E-state index contributed by atoms with van der Waals surface area (Å²) in [6.45, 7) is 1.05. The summed E-state index contributed by atoms with van der Waals surface area (Å²) in [7, 11) is -0.446. The van der Waals surface area contributed by atoms with Crippen LogP contribution in [0.3, 0.4) is 0 Å². The number of H-pyrrole nitrogens is 1. The molecule has 0 amide bonds. The first-order valence-electron chi connectivity index (χ1n) is 10.5. The number of hydrogen-bond donors (Lipinski definition) is 2. The first-order chi connectivity index (χ1) is 16.5. The van der Waals surface area contributed by atoms with Crippen molar-refractivity contribution in [3.8, 4) is 0 Å². The van der Waals surface area contributed by atoms with Gasteiger partial charge in [-0.1, -0.05) is 96.2 Å². The maximum atomic E-state index is 11.3. The van der Waals surface area contributed by atoms with Gasteiger partial charge in [0.2, 0.25) is 0 Å². The van der Waals surface area contributed by atoms with Crippen molar-refractivity contribution in [2.45, 2.75) is 13.5 Å². The van der Waals surface area contributed by atoms with Gasteiger partial charge in [-0.3, -0.25) is 19.0 Å². The van der Waals surface area contributed by atoms with Gasteiger partial charge < -0.3 is 10.2 Å². The lowest BCUT2D eigenvalue weighted by atomic mass is 10.4. The molecule has 0 aliphatic rings. The summed E-state index contributed by atoms with van der Waals surface area (Å²) >= 11 is 0. The third-order valence-electron chi connectivity index (χ3n) is 4.72. The summed E-state index contributed by atoms with van der Waals surface area (Å²) in [5.41, 5.74) is -1.54. The van der Waals surface area contributed by atoms with Crippen LogP contribution < -0.4 is 27.0 Å². The van der Waals surface area contributed by atoms with Gasteiger partial charge >= 0.3 is 11.1 Å². The van der Waals surface area contributed by atoms with Crippen LogP contribution in [0.1, 0.15) is 12.6 Å². The SMILES string of the molecule is CC(=O)Cn1c(/C=N\O)c[nH]c(=O)c1=O.c1ccc(P(c2ccccc2)c2ccccc2)cc1. The van der Waals surface area contributed by atoms with Gasteiger partial charge in [-0.05, 0) is 30.8 Å². The van der Waals surface area contributed by atoms with Crippen molar-refractivity contribution in [3.05, 3.63) is 124 Å². The summed E-state index contributed by atoms with van der Waals surface area (Å²) in [4.78, 5) is 35.3. The molecule has 0 saturated heterocycles. The Morgan fingerprint density at radius 3 is 1.71 bits per heavy atom. The van der Waals surface area contributed by atoms with Gasteiger partial charge in [0.25, 0.3) is 0 Å². The van der Waals surface area contributed by atoms with Crippen LogP contribution in [0.15, 0.2) is 112 Å². The molecule has 3 aromatic carbocycles. The van der Waals surface area contributed by atoms with Gasteiger partial charge in [0.05, 0.1) is 18.5 Å². The van der Waals surface area contributed by atoms with Crippen LogP contribution in [-0.2, 0) is 11.3 Å². The molecular weight excluding hydrogens is 449 g/mol. The topological polar surface area (TPSA) is 105 Å². The van der Waals surface area contributed by atoms with Gasteiger partial charge in [-0.15, -0.1) is 0 Å². The minimum atomic E-state index is -0.859. The zero-order valence-corrected chi connectivity index (χ0v) is 19.4. The average Bonchev–Trinajstić information content (AvgIpc) is 2.86. The number of ketones is 1. The molecule has 172 valence electrons. The Balaban J connectivity index is 0.000000197. The molecule has 1 heterocycles. The maximum absolute atomic E-state index is 11.3.